The lowest BCUT2D eigenvalue weighted by Crippen LogP contribution is -2.25. The van der Waals surface area contributed by atoms with E-state index in [0.717, 1.165) is 12.8 Å². The molecule has 6 nitrogen and oxygen atoms in total. The fraction of sp³-hybridized carbons (Fsp3) is 0.227. The summed E-state index contributed by atoms with van der Waals surface area (Å²) in [5.41, 5.74) is 1.85. The smallest absolute Gasteiger partial charge is 0.267 e. The number of ether oxygens (including phenoxy) is 1. The molecule has 3 aromatic rings. The van der Waals surface area contributed by atoms with Gasteiger partial charge >= 0.3 is 0 Å². The number of carbonyl (C=O) groups excluding carboxylic acids is 2. The topological polar surface area (TPSA) is 80.3 Å². The first-order chi connectivity index (χ1) is 14.5. The summed E-state index contributed by atoms with van der Waals surface area (Å²) in [5, 5.41) is 7.15. The van der Waals surface area contributed by atoms with Crippen LogP contribution in [0.2, 0.25) is 5.02 Å². The molecule has 2 aromatic carbocycles. The van der Waals surface area contributed by atoms with Crippen LogP contribution in [0.4, 0.5) is 5.69 Å². The Labute approximate surface area is 183 Å². The highest BCUT2D eigenvalue weighted by atomic mass is 35.5. The van der Waals surface area contributed by atoms with E-state index < -0.39 is 0 Å². The van der Waals surface area contributed by atoms with Crippen molar-refractivity contribution in [2.24, 2.45) is 0 Å². The van der Waals surface area contributed by atoms with Gasteiger partial charge in [-0.2, -0.15) is 0 Å². The zero-order chi connectivity index (χ0) is 21.1. The van der Waals surface area contributed by atoms with Crippen molar-refractivity contribution in [2.75, 3.05) is 5.32 Å². The highest BCUT2D eigenvalue weighted by Crippen LogP contribution is 2.23. The molecule has 0 spiro atoms. The van der Waals surface area contributed by atoms with E-state index >= 15 is 0 Å². The molecule has 1 heterocycles. The van der Waals surface area contributed by atoms with Gasteiger partial charge in [-0.05, 0) is 68.3 Å². The van der Waals surface area contributed by atoms with Crippen LogP contribution in [-0.2, 0) is 6.61 Å². The molecule has 0 unspecified atom stereocenters. The summed E-state index contributed by atoms with van der Waals surface area (Å²) in [4.78, 5) is 29.7. The van der Waals surface area contributed by atoms with Crippen molar-refractivity contribution in [3.63, 3.8) is 0 Å². The van der Waals surface area contributed by atoms with Crippen molar-refractivity contribution < 1.29 is 14.3 Å². The summed E-state index contributed by atoms with van der Waals surface area (Å²) in [6.45, 7) is 2.06. The number of hydrogen-bond donors (Lipinski definition) is 2. The third kappa shape index (κ3) is 5.17. The maximum absolute atomic E-state index is 12.7. The number of anilines is 1. The van der Waals surface area contributed by atoms with E-state index in [4.69, 9.17) is 16.3 Å². The Morgan fingerprint density at radius 2 is 1.80 bits per heavy atom. The molecule has 0 bridgehead atoms. The number of halogens is 1. The van der Waals surface area contributed by atoms with E-state index in [2.05, 4.69) is 15.6 Å². The molecule has 0 saturated heterocycles. The summed E-state index contributed by atoms with van der Waals surface area (Å²) < 4.78 is 5.70. The van der Waals surface area contributed by atoms with Crippen molar-refractivity contribution in [2.45, 2.75) is 32.4 Å². The summed E-state index contributed by atoms with van der Waals surface area (Å²) in [5.74, 6) is 0.362. The van der Waals surface area contributed by atoms with Gasteiger partial charge in [-0.3, -0.25) is 9.59 Å². The standard InChI is InChI=1S/C22H20ClN3O3S/c1-13-20(30-19(24-13)12-29-18-10-4-15(23)5-11-18)22(28)26-16-6-2-14(3-7-16)21(27)25-17-8-9-17/h2-7,10-11,17H,8-9,12H2,1H3,(H,25,27)(H,26,28). The monoisotopic (exact) mass is 441 g/mol. The van der Waals surface area contributed by atoms with Crippen LogP contribution in [-0.4, -0.2) is 22.8 Å². The molecule has 0 atom stereocenters. The number of rotatable bonds is 7. The number of nitrogens with one attached hydrogen (secondary N) is 2. The Bertz CT molecular complexity index is 1060. The Morgan fingerprint density at radius 1 is 1.10 bits per heavy atom. The van der Waals surface area contributed by atoms with Crippen LogP contribution in [0.25, 0.3) is 0 Å². The van der Waals surface area contributed by atoms with Crippen molar-refractivity contribution in [1.29, 1.82) is 0 Å². The molecule has 154 valence electrons. The largest absolute Gasteiger partial charge is 0.486 e. The molecule has 8 heteroatoms. The maximum atomic E-state index is 12.7. The molecule has 1 aliphatic carbocycles. The highest BCUT2D eigenvalue weighted by molar-refractivity contribution is 7.13. The first-order valence-electron chi connectivity index (χ1n) is 9.55. The van der Waals surface area contributed by atoms with Gasteiger partial charge in [-0.25, -0.2) is 4.98 Å². The molecule has 2 amide bonds. The second-order valence-corrected chi connectivity index (χ2v) is 8.56. The molecule has 4 rings (SSSR count). The quantitative estimate of drug-likeness (QED) is 0.550. The van der Waals surface area contributed by atoms with Gasteiger partial charge in [0.15, 0.2) is 0 Å². The number of benzene rings is 2. The molecular weight excluding hydrogens is 422 g/mol. The molecule has 2 N–H and O–H groups in total. The third-order valence-corrected chi connectivity index (χ3v) is 5.92. The third-order valence-electron chi connectivity index (χ3n) is 4.54. The maximum Gasteiger partial charge on any atom is 0.267 e. The Morgan fingerprint density at radius 3 is 2.47 bits per heavy atom. The van der Waals surface area contributed by atoms with Gasteiger partial charge in [0.05, 0.1) is 5.69 Å². The zero-order valence-corrected chi connectivity index (χ0v) is 17.8. The summed E-state index contributed by atoms with van der Waals surface area (Å²) in [6.07, 6.45) is 2.08. The molecule has 1 aromatic heterocycles. The lowest BCUT2D eigenvalue weighted by Gasteiger charge is -2.06. The van der Waals surface area contributed by atoms with Crippen LogP contribution in [0.15, 0.2) is 48.5 Å². The number of amides is 2. The van der Waals surface area contributed by atoms with Crippen LogP contribution in [0.3, 0.4) is 0 Å². The average Bonchev–Trinajstić information content (AvgIpc) is 3.47. The van der Waals surface area contributed by atoms with Gasteiger partial charge in [0, 0.05) is 22.3 Å². The van der Waals surface area contributed by atoms with E-state index in [1.165, 1.54) is 11.3 Å². The van der Waals surface area contributed by atoms with Gasteiger partial charge in [-0.1, -0.05) is 11.6 Å². The summed E-state index contributed by atoms with van der Waals surface area (Å²) >= 11 is 7.16. The fourth-order valence-electron chi connectivity index (χ4n) is 2.79. The van der Waals surface area contributed by atoms with Gasteiger partial charge < -0.3 is 15.4 Å². The summed E-state index contributed by atoms with van der Waals surface area (Å²) in [6, 6.07) is 14.2. The number of nitrogens with zero attached hydrogens (tertiary/aromatic N) is 1. The predicted octanol–water partition coefficient (Wildman–Crippen LogP) is 4.83. The Kier molecular flexibility index (Phi) is 6.01. The fourth-order valence-corrected chi connectivity index (χ4v) is 3.79. The van der Waals surface area contributed by atoms with Crippen molar-refractivity contribution in [1.82, 2.24) is 10.3 Å². The minimum atomic E-state index is -0.238. The highest BCUT2D eigenvalue weighted by Gasteiger charge is 2.23. The SMILES string of the molecule is Cc1nc(COc2ccc(Cl)cc2)sc1C(=O)Nc1ccc(C(=O)NC2CC2)cc1. The first-order valence-corrected chi connectivity index (χ1v) is 10.7. The van der Waals surface area contributed by atoms with Crippen molar-refractivity contribution in [3.05, 3.63) is 74.7 Å². The Hall–Kier alpha value is -2.90. The Balaban J connectivity index is 1.36. The molecular formula is C22H20ClN3O3S. The van der Waals surface area contributed by atoms with E-state index in [0.29, 0.717) is 43.6 Å². The number of carbonyl (C=O) groups is 2. The van der Waals surface area contributed by atoms with Crippen LogP contribution in [0.5, 0.6) is 5.75 Å². The molecule has 1 saturated carbocycles. The van der Waals surface area contributed by atoms with Gasteiger partial charge in [-0.15, -0.1) is 11.3 Å². The second kappa shape index (κ2) is 8.85. The number of aryl methyl sites for hydroxylation is 1. The molecule has 0 radical (unpaired) electrons. The van der Waals surface area contributed by atoms with Crippen molar-refractivity contribution >= 4 is 40.4 Å². The van der Waals surface area contributed by atoms with Gasteiger partial charge in [0.1, 0.15) is 22.2 Å². The lowest BCUT2D eigenvalue weighted by molar-refractivity contribution is 0.0950. The number of hydrogen-bond acceptors (Lipinski definition) is 5. The number of aromatic nitrogens is 1. The van der Waals surface area contributed by atoms with Crippen LogP contribution in [0.1, 0.15) is 43.6 Å². The van der Waals surface area contributed by atoms with Crippen molar-refractivity contribution in [3.8, 4) is 5.75 Å². The molecule has 1 aliphatic rings. The minimum Gasteiger partial charge on any atom is -0.486 e. The normalized spacial score (nSPS) is 13.0. The first kappa shape index (κ1) is 20.4. The summed E-state index contributed by atoms with van der Waals surface area (Å²) in [7, 11) is 0. The predicted molar refractivity (Wildman–Crippen MR) is 118 cm³/mol. The second-order valence-electron chi connectivity index (χ2n) is 7.04. The van der Waals surface area contributed by atoms with Gasteiger partial charge in [0.2, 0.25) is 0 Å². The molecule has 1 fully saturated rings. The average molecular weight is 442 g/mol. The number of thiazole rings is 1. The lowest BCUT2D eigenvalue weighted by atomic mass is 10.2. The van der Waals surface area contributed by atoms with E-state index in [-0.39, 0.29) is 18.4 Å². The minimum absolute atomic E-state index is 0.0843. The zero-order valence-electron chi connectivity index (χ0n) is 16.3. The van der Waals surface area contributed by atoms with E-state index in [1.807, 2.05) is 0 Å². The van der Waals surface area contributed by atoms with E-state index in [1.54, 1.807) is 55.5 Å². The van der Waals surface area contributed by atoms with Crippen LogP contribution < -0.4 is 15.4 Å². The van der Waals surface area contributed by atoms with Crippen LogP contribution >= 0.6 is 22.9 Å². The molecule has 30 heavy (non-hydrogen) atoms. The molecule has 0 aliphatic heterocycles. The van der Waals surface area contributed by atoms with Gasteiger partial charge in [0.25, 0.3) is 11.8 Å². The van der Waals surface area contributed by atoms with E-state index in [9.17, 15) is 9.59 Å². The van der Waals surface area contributed by atoms with Crippen LogP contribution in [0, 0.1) is 6.92 Å².